The minimum Gasteiger partial charge on any atom is -0.323 e. The number of urea groups is 1. The number of nitrogens with zero attached hydrogens (tertiary/aromatic N) is 2. The van der Waals surface area contributed by atoms with Gasteiger partial charge in [0.05, 0.1) is 11.4 Å². The molecule has 30 heavy (non-hydrogen) atoms. The van der Waals surface area contributed by atoms with Gasteiger partial charge in [-0.05, 0) is 37.1 Å². The molecule has 0 unspecified atom stereocenters. The van der Waals surface area contributed by atoms with Crippen LogP contribution in [-0.2, 0) is 9.59 Å². The number of nitrogens with one attached hydrogen (secondary N) is 1. The zero-order chi connectivity index (χ0) is 21.3. The monoisotopic (exact) mass is 423 g/mol. The third-order valence-corrected chi connectivity index (χ3v) is 6.70. The summed E-state index contributed by atoms with van der Waals surface area (Å²) in [5, 5.41) is 2.88. The van der Waals surface area contributed by atoms with E-state index < -0.39 is 11.6 Å². The first-order chi connectivity index (χ1) is 14.5. The number of rotatable bonds is 6. The van der Waals surface area contributed by atoms with Crippen LogP contribution in [-0.4, -0.2) is 34.8 Å². The van der Waals surface area contributed by atoms with E-state index in [4.69, 9.17) is 0 Å². The van der Waals surface area contributed by atoms with E-state index >= 15 is 0 Å². The highest BCUT2D eigenvalue weighted by Crippen LogP contribution is 2.48. The topological polar surface area (TPSA) is 69.7 Å². The molecule has 0 spiro atoms. The molecule has 2 aromatic carbocycles. The predicted molar refractivity (Wildman–Crippen MR) is 117 cm³/mol. The van der Waals surface area contributed by atoms with E-state index in [-0.39, 0.29) is 18.4 Å². The number of carbonyl (C=O) groups excluding carboxylic acids is 3. The summed E-state index contributed by atoms with van der Waals surface area (Å²) in [6.45, 7) is 3.70. The minimum absolute atomic E-state index is 0.285. The number of benzene rings is 2. The molecule has 7 heteroatoms. The summed E-state index contributed by atoms with van der Waals surface area (Å²) in [5.74, 6) is -0.597. The van der Waals surface area contributed by atoms with Gasteiger partial charge in [-0.1, -0.05) is 62.7 Å². The van der Waals surface area contributed by atoms with Crippen LogP contribution in [0.1, 0.15) is 39.5 Å². The highest BCUT2D eigenvalue weighted by molar-refractivity contribution is 7.99. The third kappa shape index (κ3) is 3.37. The van der Waals surface area contributed by atoms with Gasteiger partial charge in [0.15, 0.2) is 0 Å². The van der Waals surface area contributed by atoms with E-state index in [9.17, 15) is 14.4 Å². The summed E-state index contributed by atoms with van der Waals surface area (Å²) in [7, 11) is 0. The minimum atomic E-state index is -0.894. The third-order valence-electron chi connectivity index (χ3n) is 5.57. The molecular weight excluding hydrogens is 398 g/mol. The Hall–Kier alpha value is -2.80. The van der Waals surface area contributed by atoms with Crippen molar-refractivity contribution in [1.29, 1.82) is 0 Å². The number of imide groups is 1. The lowest BCUT2D eigenvalue weighted by Gasteiger charge is -2.32. The van der Waals surface area contributed by atoms with Crippen molar-refractivity contribution in [2.24, 2.45) is 0 Å². The fourth-order valence-electron chi connectivity index (χ4n) is 4.32. The second-order valence-electron chi connectivity index (χ2n) is 7.67. The van der Waals surface area contributed by atoms with Crippen molar-refractivity contribution in [2.75, 3.05) is 11.4 Å². The molecule has 1 N–H and O–H groups in total. The number of anilines is 2. The van der Waals surface area contributed by atoms with Crippen LogP contribution in [0.5, 0.6) is 0 Å². The fourth-order valence-corrected chi connectivity index (χ4v) is 5.37. The summed E-state index contributed by atoms with van der Waals surface area (Å²) in [6, 6.07) is 14.9. The summed E-state index contributed by atoms with van der Waals surface area (Å²) in [5.41, 5.74) is 0.646. The molecule has 2 aliphatic rings. The van der Waals surface area contributed by atoms with Crippen LogP contribution < -0.4 is 10.2 Å². The van der Waals surface area contributed by atoms with E-state index in [1.165, 1.54) is 0 Å². The van der Waals surface area contributed by atoms with Crippen LogP contribution in [0.15, 0.2) is 58.3 Å². The molecule has 0 bridgehead atoms. The first kappa shape index (κ1) is 20.5. The molecule has 2 heterocycles. The lowest BCUT2D eigenvalue weighted by atomic mass is 9.88. The van der Waals surface area contributed by atoms with E-state index in [0.717, 1.165) is 38.9 Å². The first-order valence-electron chi connectivity index (χ1n) is 10.3. The maximum Gasteiger partial charge on any atom is 0.325 e. The SMILES string of the molecule is CCCC1(CCC)NC(=O)N(CC(=O)N2c3ccccc3Sc3ccccc32)C1=O. The van der Waals surface area contributed by atoms with Crippen molar-refractivity contribution >= 4 is 41.0 Å². The second kappa shape index (κ2) is 8.14. The van der Waals surface area contributed by atoms with Gasteiger partial charge in [0.1, 0.15) is 12.1 Å². The predicted octanol–water partition coefficient (Wildman–Crippen LogP) is 4.71. The second-order valence-corrected chi connectivity index (χ2v) is 8.75. The maximum absolute atomic E-state index is 13.4. The van der Waals surface area contributed by atoms with Gasteiger partial charge in [-0.25, -0.2) is 4.79 Å². The highest BCUT2D eigenvalue weighted by Gasteiger charge is 2.50. The number of amides is 4. The van der Waals surface area contributed by atoms with Crippen molar-refractivity contribution in [3.8, 4) is 0 Å². The van der Waals surface area contributed by atoms with Gasteiger partial charge >= 0.3 is 6.03 Å². The smallest absolute Gasteiger partial charge is 0.323 e. The Bertz CT molecular complexity index is 955. The Morgan fingerprint density at radius 3 is 2.00 bits per heavy atom. The Morgan fingerprint density at radius 2 is 1.47 bits per heavy atom. The Balaban J connectivity index is 1.65. The van der Waals surface area contributed by atoms with Crippen LogP contribution in [0, 0.1) is 0 Å². The molecule has 2 aromatic rings. The molecule has 0 atom stereocenters. The Kier molecular flexibility index (Phi) is 5.56. The van der Waals surface area contributed by atoms with Crippen molar-refractivity contribution in [2.45, 2.75) is 54.9 Å². The lowest BCUT2D eigenvalue weighted by Crippen LogP contribution is -2.47. The summed E-state index contributed by atoms with van der Waals surface area (Å²) < 4.78 is 0. The molecule has 0 radical (unpaired) electrons. The summed E-state index contributed by atoms with van der Waals surface area (Å²) >= 11 is 1.61. The van der Waals surface area contributed by atoms with Crippen molar-refractivity contribution < 1.29 is 14.4 Å². The van der Waals surface area contributed by atoms with E-state index in [0.29, 0.717) is 12.8 Å². The average Bonchev–Trinajstić information content (AvgIpc) is 2.96. The molecule has 4 rings (SSSR count). The van der Waals surface area contributed by atoms with Crippen LogP contribution in [0.3, 0.4) is 0 Å². The molecule has 6 nitrogen and oxygen atoms in total. The van der Waals surface area contributed by atoms with Gasteiger partial charge in [-0.15, -0.1) is 0 Å². The summed E-state index contributed by atoms with van der Waals surface area (Å²) in [4.78, 5) is 44.0. The maximum atomic E-state index is 13.4. The van der Waals surface area contributed by atoms with Crippen LogP contribution in [0.25, 0.3) is 0 Å². The van der Waals surface area contributed by atoms with Gasteiger partial charge in [0.2, 0.25) is 0 Å². The van der Waals surface area contributed by atoms with Crippen LogP contribution in [0.2, 0.25) is 0 Å². The molecular formula is C23H25N3O3S. The highest BCUT2D eigenvalue weighted by atomic mass is 32.2. The average molecular weight is 424 g/mol. The quantitative estimate of drug-likeness (QED) is 0.684. The molecule has 1 fully saturated rings. The molecule has 0 saturated carbocycles. The van der Waals surface area contributed by atoms with E-state index in [2.05, 4.69) is 5.32 Å². The summed E-state index contributed by atoms with van der Waals surface area (Å²) in [6.07, 6.45) is 2.69. The van der Waals surface area contributed by atoms with Crippen molar-refractivity contribution in [3.05, 3.63) is 48.5 Å². The molecule has 0 aliphatic carbocycles. The number of hydrogen-bond acceptors (Lipinski definition) is 4. The van der Waals surface area contributed by atoms with Gasteiger partial charge < -0.3 is 5.32 Å². The standard InChI is InChI=1S/C23H25N3O3S/c1-3-13-23(14-4-2)21(28)25(22(29)24-23)15-20(27)26-16-9-5-7-11-18(16)30-19-12-8-6-10-17(19)26/h5-12H,3-4,13-15H2,1-2H3,(H,24,29). The zero-order valence-electron chi connectivity index (χ0n) is 17.2. The van der Waals surface area contributed by atoms with Gasteiger partial charge in [0.25, 0.3) is 11.8 Å². The van der Waals surface area contributed by atoms with E-state index in [1.54, 1.807) is 16.7 Å². The number of para-hydroxylation sites is 2. The first-order valence-corrected chi connectivity index (χ1v) is 11.2. The number of hydrogen-bond donors (Lipinski definition) is 1. The lowest BCUT2D eigenvalue weighted by molar-refractivity contribution is -0.134. The van der Waals surface area contributed by atoms with Gasteiger partial charge in [-0.2, -0.15) is 0 Å². The van der Waals surface area contributed by atoms with Crippen LogP contribution in [0.4, 0.5) is 16.2 Å². The fraction of sp³-hybridized carbons (Fsp3) is 0.348. The van der Waals surface area contributed by atoms with Crippen molar-refractivity contribution in [3.63, 3.8) is 0 Å². The van der Waals surface area contributed by atoms with Gasteiger partial charge in [-0.3, -0.25) is 19.4 Å². The molecule has 1 saturated heterocycles. The molecule has 156 valence electrons. The largest absolute Gasteiger partial charge is 0.325 e. The van der Waals surface area contributed by atoms with E-state index in [1.807, 2.05) is 62.4 Å². The number of fused-ring (bicyclic) bond motifs is 2. The molecule has 2 aliphatic heterocycles. The molecule has 0 aromatic heterocycles. The van der Waals surface area contributed by atoms with Crippen LogP contribution >= 0.6 is 11.8 Å². The Labute approximate surface area is 180 Å². The van der Waals surface area contributed by atoms with Gasteiger partial charge in [0, 0.05) is 9.79 Å². The molecule has 4 amide bonds. The Morgan fingerprint density at radius 1 is 0.933 bits per heavy atom. The zero-order valence-corrected chi connectivity index (χ0v) is 18.0. The normalized spacial score (nSPS) is 16.9. The van der Waals surface area contributed by atoms with Crippen molar-refractivity contribution in [1.82, 2.24) is 10.2 Å². The number of carbonyl (C=O) groups is 3.